The highest BCUT2D eigenvalue weighted by Crippen LogP contribution is 2.44. The van der Waals surface area contributed by atoms with Crippen LogP contribution < -0.4 is 5.73 Å². The van der Waals surface area contributed by atoms with Crippen molar-refractivity contribution in [3.63, 3.8) is 0 Å². The topological polar surface area (TPSA) is 38.4 Å². The molecule has 1 aromatic carbocycles. The molecule has 0 amide bonds. The van der Waals surface area contributed by atoms with Gasteiger partial charge in [-0.2, -0.15) is 22.0 Å². The Bertz CT molecular complexity index is 456. The normalized spacial score (nSPS) is 13.8. The summed E-state index contributed by atoms with van der Waals surface area (Å²) in [6.45, 7) is 0. The van der Waals surface area contributed by atoms with Crippen molar-refractivity contribution in [2.45, 2.75) is 12.1 Å². The molecule has 18 heavy (non-hydrogen) atoms. The second-order valence-corrected chi connectivity index (χ2v) is 3.63. The largest absolute Gasteiger partial charge is 0.458 e. The summed E-state index contributed by atoms with van der Waals surface area (Å²) in [5.74, 6) is -5.17. The van der Waals surface area contributed by atoms with Crippen LogP contribution in [0.2, 0.25) is 0 Å². The molecule has 0 radical (unpaired) electrons. The standard InChI is InChI=1S/C10H8ClF5N2/c11-5-8(17)18-7-3-1-2-6(4-7)9(12,13)10(14,15)16/h1-4H,5H2,(H2,17,18). The second kappa shape index (κ2) is 5.09. The first kappa shape index (κ1) is 14.7. The van der Waals surface area contributed by atoms with E-state index in [0.29, 0.717) is 12.1 Å². The summed E-state index contributed by atoms with van der Waals surface area (Å²) in [5, 5.41) is 0. The van der Waals surface area contributed by atoms with Gasteiger partial charge in [0, 0.05) is 5.56 Å². The SMILES string of the molecule is NC(CCl)=Nc1cccc(C(F)(F)C(F)(F)F)c1. The number of hydrogen-bond acceptors (Lipinski definition) is 1. The number of aliphatic imine (C=N–C) groups is 1. The Labute approximate surface area is 104 Å². The van der Waals surface area contributed by atoms with Crippen molar-refractivity contribution in [3.05, 3.63) is 29.8 Å². The molecule has 0 saturated carbocycles. The van der Waals surface area contributed by atoms with Crippen molar-refractivity contribution in [3.8, 4) is 0 Å². The predicted molar refractivity (Wildman–Crippen MR) is 58.4 cm³/mol. The smallest absolute Gasteiger partial charge is 0.386 e. The fourth-order valence-corrected chi connectivity index (χ4v) is 1.19. The summed E-state index contributed by atoms with van der Waals surface area (Å²) >= 11 is 5.32. The van der Waals surface area contributed by atoms with Crippen molar-refractivity contribution in [1.29, 1.82) is 0 Å². The van der Waals surface area contributed by atoms with Gasteiger partial charge in [0.1, 0.15) is 5.84 Å². The minimum absolute atomic E-state index is 0.0795. The molecule has 1 aromatic rings. The zero-order valence-corrected chi connectivity index (χ0v) is 9.56. The zero-order valence-electron chi connectivity index (χ0n) is 8.81. The highest BCUT2D eigenvalue weighted by atomic mass is 35.5. The maximum Gasteiger partial charge on any atom is 0.458 e. The van der Waals surface area contributed by atoms with Gasteiger partial charge in [0.25, 0.3) is 0 Å². The van der Waals surface area contributed by atoms with Gasteiger partial charge in [-0.3, -0.25) is 0 Å². The van der Waals surface area contributed by atoms with E-state index >= 15 is 0 Å². The summed E-state index contributed by atoms with van der Waals surface area (Å²) in [7, 11) is 0. The molecule has 0 bridgehead atoms. The van der Waals surface area contributed by atoms with Gasteiger partial charge < -0.3 is 5.73 Å². The third-order valence-electron chi connectivity index (χ3n) is 1.97. The van der Waals surface area contributed by atoms with Crippen molar-refractivity contribution in [1.82, 2.24) is 0 Å². The maximum atomic E-state index is 13.0. The molecule has 100 valence electrons. The lowest BCUT2D eigenvalue weighted by Gasteiger charge is -2.19. The Morgan fingerprint density at radius 1 is 1.22 bits per heavy atom. The number of benzene rings is 1. The van der Waals surface area contributed by atoms with E-state index in [2.05, 4.69) is 4.99 Å². The van der Waals surface area contributed by atoms with E-state index < -0.39 is 17.7 Å². The quantitative estimate of drug-likeness (QED) is 0.392. The van der Waals surface area contributed by atoms with Gasteiger partial charge in [-0.1, -0.05) is 12.1 Å². The summed E-state index contributed by atoms with van der Waals surface area (Å²) in [6, 6.07) is 3.57. The number of halogens is 6. The summed E-state index contributed by atoms with van der Waals surface area (Å²) in [6.07, 6.45) is -5.66. The van der Waals surface area contributed by atoms with Crippen molar-refractivity contribution < 1.29 is 22.0 Å². The van der Waals surface area contributed by atoms with Crippen LogP contribution in [0.5, 0.6) is 0 Å². The monoisotopic (exact) mass is 286 g/mol. The Morgan fingerprint density at radius 2 is 1.83 bits per heavy atom. The van der Waals surface area contributed by atoms with Crippen LogP contribution in [0.3, 0.4) is 0 Å². The molecule has 0 atom stereocenters. The molecule has 0 aromatic heterocycles. The third kappa shape index (κ3) is 3.10. The number of rotatable bonds is 3. The van der Waals surface area contributed by atoms with E-state index in [9.17, 15) is 22.0 Å². The molecule has 0 spiro atoms. The summed E-state index contributed by atoms with van der Waals surface area (Å²) in [5.41, 5.74) is 3.95. The first-order chi connectivity index (χ1) is 8.18. The van der Waals surface area contributed by atoms with Gasteiger partial charge in [-0.15, -0.1) is 11.6 Å². The zero-order chi connectivity index (χ0) is 14.0. The van der Waals surface area contributed by atoms with Crippen LogP contribution in [0.25, 0.3) is 0 Å². The van der Waals surface area contributed by atoms with E-state index in [0.717, 1.165) is 6.07 Å². The predicted octanol–water partition coefficient (Wildman–Crippen LogP) is 3.57. The average Bonchev–Trinajstić information content (AvgIpc) is 2.27. The van der Waals surface area contributed by atoms with Gasteiger partial charge in [0.15, 0.2) is 0 Å². The minimum Gasteiger partial charge on any atom is -0.386 e. The minimum atomic E-state index is -5.66. The van der Waals surface area contributed by atoms with E-state index in [4.69, 9.17) is 17.3 Å². The molecule has 0 heterocycles. The molecule has 0 aliphatic carbocycles. The Kier molecular flexibility index (Phi) is 4.16. The van der Waals surface area contributed by atoms with Crippen molar-refractivity contribution >= 4 is 23.1 Å². The average molecular weight is 287 g/mol. The molecule has 8 heteroatoms. The van der Waals surface area contributed by atoms with E-state index in [-0.39, 0.29) is 17.4 Å². The molecule has 1 rings (SSSR count). The number of amidine groups is 1. The van der Waals surface area contributed by atoms with E-state index in [1.54, 1.807) is 0 Å². The lowest BCUT2D eigenvalue weighted by Crippen LogP contribution is -2.33. The van der Waals surface area contributed by atoms with Crippen molar-refractivity contribution in [2.24, 2.45) is 10.7 Å². The molecule has 0 aliphatic heterocycles. The fourth-order valence-electron chi connectivity index (χ4n) is 1.13. The van der Waals surface area contributed by atoms with Crippen LogP contribution in [-0.4, -0.2) is 17.9 Å². The molecule has 0 aliphatic rings. The number of hydrogen-bond donors (Lipinski definition) is 1. The number of alkyl halides is 6. The Balaban J connectivity index is 3.18. The lowest BCUT2D eigenvalue weighted by molar-refractivity contribution is -0.289. The molecule has 0 saturated heterocycles. The van der Waals surface area contributed by atoms with Crippen LogP contribution in [0.1, 0.15) is 5.56 Å². The van der Waals surface area contributed by atoms with Crippen molar-refractivity contribution in [2.75, 3.05) is 5.88 Å². The molecular weight excluding hydrogens is 279 g/mol. The first-order valence-corrected chi connectivity index (χ1v) is 5.16. The first-order valence-electron chi connectivity index (χ1n) is 4.62. The Hall–Kier alpha value is -1.37. The maximum absolute atomic E-state index is 13.0. The van der Waals surface area contributed by atoms with Crippen LogP contribution in [0.15, 0.2) is 29.3 Å². The lowest BCUT2D eigenvalue weighted by atomic mass is 10.1. The van der Waals surface area contributed by atoms with Crippen LogP contribution >= 0.6 is 11.6 Å². The molecule has 2 N–H and O–H groups in total. The highest BCUT2D eigenvalue weighted by Gasteiger charge is 2.58. The van der Waals surface area contributed by atoms with Gasteiger partial charge in [-0.05, 0) is 12.1 Å². The molecule has 2 nitrogen and oxygen atoms in total. The summed E-state index contributed by atoms with van der Waals surface area (Å²) in [4.78, 5) is 3.60. The van der Waals surface area contributed by atoms with Gasteiger partial charge in [-0.25, -0.2) is 4.99 Å². The fraction of sp³-hybridized carbons (Fsp3) is 0.300. The highest BCUT2D eigenvalue weighted by molar-refractivity contribution is 6.28. The van der Waals surface area contributed by atoms with Gasteiger partial charge in [0.05, 0.1) is 11.6 Å². The molecule has 0 unspecified atom stereocenters. The van der Waals surface area contributed by atoms with Gasteiger partial charge in [0.2, 0.25) is 0 Å². The molecular formula is C10H8ClF5N2. The van der Waals surface area contributed by atoms with Crippen LogP contribution in [0.4, 0.5) is 27.6 Å². The van der Waals surface area contributed by atoms with E-state index in [1.807, 2.05) is 0 Å². The Morgan fingerprint density at radius 3 is 2.33 bits per heavy atom. The summed E-state index contributed by atoms with van der Waals surface area (Å²) < 4.78 is 62.5. The second-order valence-electron chi connectivity index (χ2n) is 3.36. The van der Waals surface area contributed by atoms with Gasteiger partial charge >= 0.3 is 12.1 Å². The third-order valence-corrected chi connectivity index (χ3v) is 2.25. The van der Waals surface area contributed by atoms with Crippen LogP contribution in [-0.2, 0) is 5.92 Å². The van der Waals surface area contributed by atoms with E-state index in [1.165, 1.54) is 6.07 Å². The molecule has 0 fully saturated rings. The number of nitrogens with two attached hydrogens (primary N) is 1. The van der Waals surface area contributed by atoms with Crippen LogP contribution in [0, 0.1) is 0 Å². The number of nitrogens with zero attached hydrogens (tertiary/aromatic N) is 1.